The molecule has 9 heteroatoms. The van der Waals surface area contributed by atoms with E-state index < -0.39 is 23.5 Å². The fraction of sp³-hybridized carbons (Fsp3) is 0.0500. The quantitative estimate of drug-likeness (QED) is 0.234. The molecule has 0 saturated carbocycles. The fourth-order valence-electron chi connectivity index (χ4n) is 2.21. The number of benzene rings is 2. The maximum Gasteiger partial charge on any atom is 0.279 e. The van der Waals surface area contributed by atoms with Gasteiger partial charge in [0.1, 0.15) is 0 Å². The second kappa shape index (κ2) is 9.60. The molecule has 2 aromatic carbocycles. The lowest BCUT2D eigenvalue weighted by molar-refractivity contribution is -0.114. The Morgan fingerprint density at radius 2 is 1.59 bits per heavy atom. The van der Waals surface area contributed by atoms with E-state index in [-0.39, 0.29) is 11.3 Å². The van der Waals surface area contributed by atoms with E-state index in [0.717, 1.165) is 6.08 Å². The number of carbonyl (C=O) groups is 4. The minimum absolute atomic E-state index is 0.248. The van der Waals surface area contributed by atoms with E-state index in [0.29, 0.717) is 17.1 Å². The molecule has 0 aliphatic rings. The number of nitrogens with two attached hydrogens (primary N) is 1. The Hall–Kier alpha value is -4.27. The largest absolute Gasteiger partial charge is 0.366 e. The zero-order valence-corrected chi connectivity index (χ0v) is 15.6. The zero-order chi connectivity index (χ0) is 21.4. The van der Waals surface area contributed by atoms with Crippen molar-refractivity contribution in [2.24, 2.45) is 10.8 Å². The van der Waals surface area contributed by atoms with Crippen molar-refractivity contribution in [3.63, 3.8) is 0 Å². The van der Waals surface area contributed by atoms with Crippen LogP contribution in [0.2, 0.25) is 0 Å². The van der Waals surface area contributed by atoms with Gasteiger partial charge < -0.3 is 16.4 Å². The first kappa shape index (κ1) is 21.0. The minimum Gasteiger partial charge on any atom is -0.366 e. The topological polar surface area (TPSA) is 143 Å². The summed E-state index contributed by atoms with van der Waals surface area (Å²) in [6.45, 7) is 4.56. The van der Waals surface area contributed by atoms with Crippen LogP contribution >= 0.6 is 0 Å². The van der Waals surface area contributed by atoms with Gasteiger partial charge in [0.25, 0.3) is 5.91 Å². The van der Waals surface area contributed by atoms with E-state index in [4.69, 9.17) is 5.73 Å². The number of carbonyl (C=O) groups excluding carboxylic acids is 4. The van der Waals surface area contributed by atoms with Gasteiger partial charge in [0.05, 0.1) is 5.69 Å². The molecule has 0 fully saturated rings. The zero-order valence-electron chi connectivity index (χ0n) is 15.6. The van der Waals surface area contributed by atoms with Gasteiger partial charge in [0.2, 0.25) is 11.8 Å². The lowest BCUT2D eigenvalue weighted by Gasteiger charge is -2.09. The van der Waals surface area contributed by atoms with Gasteiger partial charge in [-0.05, 0) is 42.5 Å². The van der Waals surface area contributed by atoms with Crippen LogP contribution in [0.15, 0.2) is 66.3 Å². The van der Waals surface area contributed by atoms with Gasteiger partial charge in [-0.1, -0.05) is 18.7 Å². The summed E-state index contributed by atoms with van der Waals surface area (Å²) < 4.78 is 0. The van der Waals surface area contributed by atoms with Crippen molar-refractivity contribution in [3.05, 3.63) is 66.7 Å². The predicted octanol–water partition coefficient (Wildman–Crippen LogP) is 1.91. The number of hydrogen-bond donors (Lipinski definition) is 4. The van der Waals surface area contributed by atoms with E-state index >= 15 is 0 Å². The summed E-state index contributed by atoms with van der Waals surface area (Å²) in [6, 6.07) is 12.5. The van der Waals surface area contributed by atoms with E-state index in [9.17, 15) is 19.2 Å². The number of primary amides is 1. The maximum atomic E-state index is 12.5. The number of Topliss-reactive ketones (excluding diaryl/α,β-unsaturated/α-hetero) is 1. The molecule has 0 aromatic heterocycles. The van der Waals surface area contributed by atoms with Gasteiger partial charge in [0.15, 0.2) is 11.5 Å². The number of nitrogens with one attached hydrogen (secondary N) is 3. The third-order valence-electron chi connectivity index (χ3n) is 3.57. The van der Waals surface area contributed by atoms with Crippen molar-refractivity contribution in [1.29, 1.82) is 0 Å². The summed E-state index contributed by atoms with van der Waals surface area (Å²) >= 11 is 0. The maximum absolute atomic E-state index is 12.5. The lowest BCUT2D eigenvalue weighted by Crippen LogP contribution is -2.29. The Labute approximate surface area is 166 Å². The van der Waals surface area contributed by atoms with Gasteiger partial charge in [-0.2, -0.15) is 5.10 Å². The Bertz CT molecular complexity index is 1010. The molecular formula is C20H19N5O4. The number of ketones is 1. The molecule has 0 radical (unpaired) electrons. The fourth-order valence-corrected chi connectivity index (χ4v) is 2.21. The van der Waals surface area contributed by atoms with Crippen LogP contribution < -0.4 is 21.8 Å². The SMILES string of the molecule is C=CC(=O)Nc1cccc(NC(=O)/C(=N\Nc2cccc(C(N)=O)c2)C(C)=O)c1. The van der Waals surface area contributed by atoms with Crippen LogP contribution in [0, 0.1) is 0 Å². The molecule has 2 aromatic rings. The van der Waals surface area contributed by atoms with E-state index in [1.165, 1.54) is 25.1 Å². The van der Waals surface area contributed by atoms with Crippen molar-refractivity contribution in [2.75, 3.05) is 16.1 Å². The van der Waals surface area contributed by atoms with Crippen LogP contribution in [0.1, 0.15) is 17.3 Å². The molecule has 29 heavy (non-hydrogen) atoms. The number of anilines is 3. The average Bonchev–Trinajstić information content (AvgIpc) is 2.68. The van der Waals surface area contributed by atoms with E-state index in [2.05, 4.69) is 27.7 Å². The molecular weight excluding hydrogens is 374 g/mol. The van der Waals surface area contributed by atoms with E-state index in [1.807, 2.05) is 0 Å². The molecule has 0 unspecified atom stereocenters. The van der Waals surface area contributed by atoms with Crippen molar-refractivity contribution in [3.8, 4) is 0 Å². The van der Waals surface area contributed by atoms with Crippen molar-refractivity contribution in [2.45, 2.75) is 6.92 Å². The molecule has 5 N–H and O–H groups in total. The van der Waals surface area contributed by atoms with Gasteiger partial charge >= 0.3 is 0 Å². The first-order valence-electron chi connectivity index (χ1n) is 8.39. The second-order valence-corrected chi connectivity index (χ2v) is 5.80. The first-order chi connectivity index (χ1) is 13.8. The molecule has 2 rings (SSSR count). The second-order valence-electron chi connectivity index (χ2n) is 5.80. The normalized spacial score (nSPS) is 10.6. The Kier molecular flexibility index (Phi) is 6.97. The van der Waals surface area contributed by atoms with Crippen LogP contribution in [-0.4, -0.2) is 29.2 Å². The van der Waals surface area contributed by atoms with Crippen molar-refractivity contribution < 1.29 is 19.2 Å². The molecule has 0 atom stereocenters. The molecule has 9 nitrogen and oxygen atoms in total. The number of rotatable bonds is 8. The van der Waals surface area contributed by atoms with Crippen LogP contribution in [0.5, 0.6) is 0 Å². The average molecular weight is 393 g/mol. The molecule has 0 saturated heterocycles. The van der Waals surface area contributed by atoms with Gasteiger partial charge in [-0.15, -0.1) is 0 Å². The van der Waals surface area contributed by atoms with Crippen LogP contribution in [0.4, 0.5) is 17.1 Å². The lowest BCUT2D eigenvalue weighted by atomic mass is 10.2. The third-order valence-corrected chi connectivity index (χ3v) is 3.57. The van der Waals surface area contributed by atoms with Crippen LogP contribution in [-0.2, 0) is 14.4 Å². The summed E-state index contributed by atoms with van der Waals surface area (Å²) in [5.41, 5.74) is 8.82. The third kappa shape index (κ3) is 6.14. The van der Waals surface area contributed by atoms with Crippen molar-refractivity contribution >= 4 is 46.3 Å². The monoisotopic (exact) mass is 393 g/mol. The smallest absolute Gasteiger partial charge is 0.279 e. The molecule has 0 aliphatic heterocycles. The van der Waals surface area contributed by atoms with Crippen molar-refractivity contribution in [1.82, 2.24) is 0 Å². The number of hydrogen-bond acceptors (Lipinski definition) is 6. The summed E-state index contributed by atoms with van der Waals surface area (Å²) in [4.78, 5) is 46.9. The molecule has 3 amide bonds. The Morgan fingerprint density at radius 3 is 2.21 bits per heavy atom. The highest BCUT2D eigenvalue weighted by atomic mass is 16.2. The summed E-state index contributed by atoms with van der Waals surface area (Å²) in [6.07, 6.45) is 1.12. The molecule has 0 bridgehead atoms. The minimum atomic E-state index is -0.747. The number of nitrogens with zero attached hydrogens (tertiary/aromatic N) is 1. The summed E-state index contributed by atoms with van der Waals surface area (Å²) in [7, 11) is 0. The van der Waals surface area contributed by atoms with Gasteiger partial charge in [-0.3, -0.25) is 24.6 Å². The molecule has 148 valence electrons. The van der Waals surface area contributed by atoms with E-state index in [1.54, 1.807) is 30.3 Å². The summed E-state index contributed by atoms with van der Waals surface area (Å²) in [5.74, 6) is -2.34. The standard InChI is InChI=1S/C20H19N5O4/c1-3-17(27)22-14-7-5-8-15(11-14)23-20(29)18(12(2)26)25-24-16-9-4-6-13(10-16)19(21)28/h3-11,24H,1H2,2H3,(H2,21,28)(H,22,27)(H,23,29)/b25-18-. The van der Waals surface area contributed by atoms with Gasteiger partial charge in [0, 0.05) is 23.9 Å². The highest BCUT2D eigenvalue weighted by Gasteiger charge is 2.17. The predicted molar refractivity (Wildman–Crippen MR) is 111 cm³/mol. The number of hydrazone groups is 1. The Balaban J connectivity index is 2.16. The van der Waals surface area contributed by atoms with Crippen LogP contribution in [0.3, 0.4) is 0 Å². The number of amides is 3. The first-order valence-corrected chi connectivity index (χ1v) is 8.39. The molecule has 0 spiro atoms. The van der Waals surface area contributed by atoms with Crippen LogP contribution in [0.25, 0.3) is 0 Å². The molecule has 0 heterocycles. The van der Waals surface area contributed by atoms with Gasteiger partial charge in [-0.25, -0.2) is 0 Å². The Morgan fingerprint density at radius 1 is 0.966 bits per heavy atom. The summed E-state index contributed by atoms with van der Waals surface area (Å²) in [5, 5.41) is 8.95. The highest BCUT2D eigenvalue weighted by Crippen LogP contribution is 2.15. The molecule has 0 aliphatic carbocycles. The highest BCUT2D eigenvalue weighted by molar-refractivity contribution is 6.67.